The van der Waals surface area contributed by atoms with Gasteiger partial charge in [-0.05, 0) is 48.4 Å². The van der Waals surface area contributed by atoms with E-state index in [1.165, 1.54) is 5.56 Å². The Balaban J connectivity index is 2.06. The third kappa shape index (κ3) is 4.04. The molecule has 5 nitrogen and oxygen atoms in total. The summed E-state index contributed by atoms with van der Waals surface area (Å²) in [6.07, 6.45) is 3.61. The van der Waals surface area contributed by atoms with Gasteiger partial charge in [0.15, 0.2) is 0 Å². The molecule has 0 saturated carbocycles. The minimum absolute atomic E-state index is 0.0246. The van der Waals surface area contributed by atoms with Gasteiger partial charge in [0.05, 0.1) is 4.90 Å². The number of carbonyl (C=O) groups is 1. The van der Waals surface area contributed by atoms with Gasteiger partial charge in [-0.1, -0.05) is 19.4 Å². The Kier molecular flexibility index (Phi) is 5.00. The highest BCUT2D eigenvalue weighted by Crippen LogP contribution is 2.24. The highest BCUT2D eigenvalue weighted by molar-refractivity contribution is 7.89. The molecule has 1 aliphatic carbocycles. The van der Waals surface area contributed by atoms with Crippen molar-refractivity contribution in [2.24, 2.45) is 5.92 Å². The maximum atomic E-state index is 12.3. The van der Waals surface area contributed by atoms with Crippen molar-refractivity contribution in [2.75, 3.05) is 6.54 Å². The molecule has 1 unspecified atom stereocenters. The monoisotopic (exact) mass is 311 g/mol. The number of hydrogen-bond acceptors (Lipinski definition) is 3. The van der Waals surface area contributed by atoms with Crippen LogP contribution >= 0.6 is 0 Å². The van der Waals surface area contributed by atoms with Gasteiger partial charge in [-0.25, -0.2) is 13.1 Å². The molecule has 2 rings (SSSR count). The van der Waals surface area contributed by atoms with E-state index in [9.17, 15) is 13.2 Å². The number of carboxylic acids is 1. The zero-order valence-corrected chi connectivity index (χ0v) is 12.9. The lowest BCUT2D eigenvalue weighted by atomic mass is 10.0. The average Bonchev–Trinajstić information content (AvgIpc) is 2.90. The zero-order chi connectivity index (χ0) is 15.5. The first-order valence-electron chi connectivity index (χ1n) is 7.25. The largest absolute Gasteiger partial charge is 0.481 e. The Morgan fingerprint density at radius 1 is 1.33 bits per heavy atom. The normalized spacial score (nSPS) is 15.7. The van der Waals surface area contributed by atoms with Crippen LogP contribution in [0.5, 0.6) is 0 Å². The molecular weight excluding hydrogens is 290 g/mol. The first kappa shape index (κ1) is 16.0. The van der Waals surface area contributed by atoms with E-state index >= 15 is 0 Å². The van der Waals surface area contributed by atoms with E-state index in [2.05, 4.69) is 4.72 Å². The third-order valence-corrected chi connectivity index (χ3v) is 5.40. The van der Waals surface area contributed by atoms with Crippen molar-refractivity contribution in [3.05, 3.63) is 29.3 Å². The summed E-state index contributed by atoms with van der Waals surface area (Å²) in [5.74, 6) is -1.09. The molecule has 0 aliphatic heterocycles. The molecule has 0 fully saturated rings. The standard InChI is InChI=1S/C15H21NO4S/c1-2-11(8-15(17)18)10-16-21(19,20)14-7-6-12-4-3-5-13(12)9-14/h6-7,9,11,16H,2-5,8,10H2,1H3,(H,17,18). The molecule has 0 radical (unpaired) electrons. The Hall–Kier alpha value is -1.40. The van der Waals surface area contributed by atoms with Crippen LogP contribution in [0.1, 0.15) is 37.3 Å². The van der Waals surface area contributed by atoms with Crippen molar-refractivity contribution in [2.45, 2.75) is 43.9 Å². The highest BCUT2D eigenvalue weighted by Gasteiger charge is 2.20. The minimum Gasteiger partial charge on any atom is -0.481 e. The van der Waals surface area contributed by atoms with Crippen LogP contribution in [0, 0.1) is 5.92 Å². The van der Waals surface area contributed by atoms with Gasteiger partial charge >= 0.3 is 5.97 Å². The molecule has 1 aromatic carbocycles. The van der Waals surface area contributed by atoms with Crippen molar-refractivity contribution in [1.82, 2.24) is 4.72 Å². The molecule has 116 valence electrons. The Bertz CT molecular complexity index is 625. The van der Waals surface area contributed by atoms with Crippen LogP contribution < -0.4 is 4.72 Å². The fraction of sp³-hybridized carbons (Fsp3) is 0.533. The quantitative estimate of drug-likeness (QED) is 0.806. The van der Waals surface area contributed by atoms with Crippen molar-refractivity contribution < 1.29 is 18.3 Å². The van der Waals surface area contributed by atoms with E-state index in [0.717, 1.165) is 24.8 Å². The van der Waals surface area contributed by atoms with Gasteiger partial charge in [0.1, 0.15) is 0 Å². The average molecular weight is 311 g/mol. The molecule has 0 saturated heterocycles. The summed E-state index contributed by atoms with van der Waals surface area (Å²) < 4.78 is 27.1. The molecule has 1 aliphatic rings. The van der Waals surface area contributed by atoms with Crippen molar-refractivity contribution in [1.29, 1.82) is 0 Å². The van der Waals surface area contributed by atoms with Gasteiger partial charge in [-0.2, -0.15) is 0 Å². The Labute approximate surface area is 125 Å². The molecule has 1 atom stereocenters. The molecule has 1 aromatic rings. The maximum Gasteiger partial charge on any atom is 0.303 e. The predicted molar refractivity (Wildman–Crippen MR) is 79.7 cm³/mol. The van der Waals surface area contributed by atoms with E-state index in [-0.39, 0.29) is 23.8 Å². The number of rotatable bonds is 7. The van der Waals surface area contributed by atoms with Crippen molar-refractivity contribution >= 4 is 16.0 Å². The molecule has 0 aromatic heterocycles. The summed E-state index contributed by atoms with van der Waals surface area (Å²) in [6, 6.07) is 5.25. The Morgan fingerprint density at radius 3 is 2.71 bits per heavy atom. The number of sulfonamides is 1. The van der Waals surface area contributed by atoms with Gasteiger partial charge in [0.2, 0.25) is 10.0 Å². The lowest BCUT2D eigenvalue weighted by Gasteiger charge is -2.14. The number of nitrogens with one attached hydrogen (secondary N) is 1. The summed E-state index contributed by atoms with van der Waals surface area (Å²) in [5.41, 5.74) is 2.33. The van der Waals surface area contributed by atoms with E-state index in [0.29, 0.717) is 6.42 Å². The fourth-order valence-corrected chi connectivity index (χ4v) is 3.80. The highest BCUT2D eigenvalue weighted by atomic mass is 32.2. The van der Waals surface area contributed by atoms with E-state index in [1.54, 1.807) is 12.1 Å². The van der Waals surface area contributed by atoms with Gasteiger partial charge in [-0.3, -0.25) is 4.79 Å². The first-order valence-corrected chi connectivity index (χ1v) is 8.74. The molecule has 0 spiro atoms. The molecule has 2 N–H and O–H groups in total. The summed E-state index contributed by atoms with van der Waals surface area (Å²) in [7, 11) is -3.57. The minimum atomic E-state index is -3.57. The number of aliphatic carboxylic acids is 1. The molecule has 0 heterocycles. The maximum absolute atomic E-state index is 12.3. The van der Waals surface area contributed by atoms with Gasteiger partial charge in [-0.15, -0.1) is 0 Å². The Morgan fingerprint density at radius 2 is 2.05 bits per heavy atom. The molecule has 0 amide bonds. The fourth-order valence-electron chi connectivity index (χ4n) is 2.63. The van der Waals surface area contributed by atoms with Crippen LogP contribution in [0.2, 0.25) is 0 Å². The SMILES string of the molecule is CCC(CNS(=O)(=O)c1ccc2c(c1)CCC2)CC(=O)O. The van der Waals surface area contributed by atoms with Gasteiger partial charge in [0.25, 0.3) is 0 Å². The molecule has 21 heavy (non-hydrogen) atoms. The van der Waals surface area contributed by atoms with Crippen molar-refractivity contribution in [3.63, 3.8) is 0 Å². The van der Waals surface area contributed by atoms with Crippen LogP contribution in [-0.2, 0) is 27.7 Å². The summed E-state index contributed by atoms with van der Waals surface area (Å²) >= 11 is 0. The summed E-state index contributed by atoms with van der Waals surface area (Å²) in [6.45, 7) is 2.01. The third-order valence-electron chi connectivity index (χ3n) is 3.98. The summed E-state index contributed by atoms with van der Waals surface area (Å²) in [4.78, 5) is 11.0. The van der Waals surface area contributed by atoms with Crippen LogP contribution in [0.15, 0.2) is 23.1 Å². The van der Waals surface area contributed by atoms with Crippen LogP contribution in [0.3, 0.4) is 0 Å². The number of hydrogen-bond donors (Lipinski definition) is 2. The zero-order valence-electron chi connectivity index (χ0n) is 12.1. The van der Waals surface area contributed by atoms with E-state index < -0.39 is 16.0 Å². The summed E-state index contributed by atoms with van der Waals surface area (Å²) in [5, 5.41) is 8.79. The van der Waals surface area contributed by atoms with E-state index in [4.69, 9.17) is 5.11 Å². The predicted octanol–water partition coefficient (Wildman–Crippen LogP) is 1.95. The van der Waals surface area contributed by atoms with Crippen LogP contribution in [0.25, 0.3) is 0 Å². The molecule has 0 bridgehead atoms. The molecule has 6 heteroatoms. The second kappa shape index (κ2) is 6.58. The molecular formula is C15H21NO4S. The lowest BCUT2D eigenvalue weighted by Crippen LogP contribution is -2.30. The lowest BCUT2D eigenvalue weighted by molar-refractivity contribution is -0.138. The number of fused-ring (bicyclic) bond motifs is 1. The van der Waals surface area contributed by atoms with Crippen LogP contribution in [-0.4, -0.2) is 26.0 Å². The smallest absolute Gasteiger partial charge is 0.303 e. The second-order valence-electron chi connectivity index (χ2n) is 5.51. The first-order chi connectivity index (χ1) is 9.92. The van der Waals surface area contributed by atoms with Gasteiger partial charge in [0, 0.05) is 13.0 Å². The number of carboxylic acid groups (broad SMARTS) is 1. The number of benzene rings is 1. The second-order valence-corrected chi connectivity index (χ2v) is 7.28. The van der Waals surface area contributed by atoms with Gasteiger partial charge < -0.3 is 5.11 Å². The van der Waals surface area contributed by atoms with Crippen molar-refractivity contribution in [3.8, 4) is 0 Å². The number of aryl methyl sites for hydroxylation is 2. The van der Waals surface area contributed by atoms with Crippen LogP contribution in [0.4, 0.5) is 0 Å². The topological polar surface area (TPSA) is 83.5 Å². The van der Waals surface area contributed by atoms with E-state index in [1.807, 2.05) is 13.0 Å².